The second-order valence-electron chi connectivity index (χ2n) is 7.05. The Bertz CT molecular complexity index is 1150. The SMILES string of the molecule is CCOC(=O)Oc1ccc(C(=O)Nc2ccccc2NC(=O)COc2ccc(OCC)cc2)cc1. The topological polar surface area (TPSA) is 112 Å². The van der Waals surface area contributed by atoms with Gasteiger partial charge in [-0.3, -0.25) is 9.59 Å². The van der Waals surface area contributed by atoms with Crippen molar-refractivity contribution in [3.05, 3.63) is 78.4 Å². The molecule has 3 aromatic rings. The van der Waals surface area contributed by atoms with E-state index in [-0.39, 0.29) is 24.9 Å². The van der Waals surface area contributed by atoms with E-state index in [4.69, 9.17) is 18.9 Å². The molecule has 0 saturated heterocycles. The largest absolute Gasteiger partial charge is 0.513 e. The summed E-state index contributed by atoms with van der Waals surface area (Å²) in [7, 11) is 0. The molecule has 0 aliphatic heterocycles. The Labute approximate surface area is 203 Å². The van der Waals surface area contributed by atoms with Crippen LogP contribution < -0.4 is 24.8 Å². The molecule has 182 valence electrons. The molecular formula is C26H26N2O7. The predicted molar refractivity (Wildman–Crippen MR) is 130 cm³/mol. The Morgan fingerprint density at radius 1 is 0.686 bits per heavy atom. The Morgan fingerprint density at radius 2 is 1.26 bits per heavy atom. The molecular weight excluding hydrogens is 452 g/mol. The van der Waals surface area contributed by atoms with Gasteiger partial charge >= 0.3 is 6.16 Å². The third-order valence-corrected chi connectivity index (χ3v) is 4.53. The lowest BCUT2D eigenvalue weighted by Crippen LogP contribution is -2.21. The number of anilines is 2. The van der Waals surface area contributed by atoms with Gasteiger partial charge in [0.15, 0.2) is 6.61 Å². The normalized spacial score (nSPS) is 10.1. The summed E-state index contributed by atoms with van der Waals surface area (Å²) in [5.74, 6) is 0.706. The molecule has 0 aromatic heterocycles. The molecule has 35 heavy (non-hydrogen) atoms. The number of carbonyl (C=O) groups excluding carboxylic acids is 3. The summed E-state index contributed by atoms with van der Waals surface area (Å²) in [5, 5.41) is 5.50. The predicted octanol–water partition coefficient (Wildman–Crippen LogP) is 4.89. The van der Waals surface area contributed by atoms with Gasteiger partial charge in [0.1, 0.15) is 17.2 Å². The lowest BCUT2D eigenvalue weighted by molar-refractivity contribution is -0.118. The molecule has 0 heterocycles. The molecule has 2 amide bonds. The maximum atomic E-state index is 12.7. The summed E-state index contributed by atoms with van der Waals surface area (Å²) in [6, 6.07) is 19.7. The van der Waals surface area contributed by atoms with Crippen LogP contribution >= 0.6 is 0 Å². The second-order valence-corrected chi connectivity index (χ2v) is 7.05. The number of benzene rings is 3. The van der Waals surface area contributed by atoms with Gasteiger partial charge in [0.05, 0.1) is 24.6 Å². The molecule has 0 radical (unpaired) electrons. The van der Waals surface area contributed by atoms with E-state index in [9.17, 15) is 14.4 Å². The fourth-order valence-electron chi connectivity index (χ4n) is 2.95. The van der Waals surface area contributed by atoms with E-state index in [1.807, 2.05) is 6.92 Å². The zero-order valence-corrected chi connectivity index (χ0v) is 19.4. The molecule has 9 heteroatoms. The van der Waals surface area contributed by atoms with Gasteiger partial charge in [-0.1, -0.05) is 12.1 Å². The van der Waals surface area contributed by atoms with Gasteiger partial charge in [-0.15, -0.1) is 0 Å². The fourth-order valence-corrected chi connectivity index (χ4v) is 2.95. The van der Waals surface area contributed by atoms with Crippen molar-refractivity contribution in [1.29, 1.82) is 0 Å². The quantitative estimate of drug-likeness (QED) is 0.315. The average Bonchev–Trinajstić information content (AvgIpc) is 2.85. The van der Waals surface area contributed by atoms with Gasteiger partial charge in [0, 0.05) is 5.56 Å². The minimum absolute atomic E-state index is 0.197. The highest BCUT2D eigenvalue weighted by molar-refractivity contribution is 6.07. The number of amides is 2. The second kappa shape index (κ2) is 12.6. The number of nitrogens with one attached hydrogen (secondary N) is 2. The van der Waals surface area contributed by atoms with Crippen molar-refractivity contribution in [2.75, 3.05) is 30.5 Å². The highest BCUT2D eigenvalue weighted by Gasteiger charge is 2.13. The van der Waals surface area contributed by atoms with Crippen LogP contribution in [0.5, 0.6) is 17.2 Å². The van der Waals surface area contributed by atoms with Crippen LogP contribution in [0.3, 0.4) is 0 Å². The first-order valence-electron chi connectivity index (χ1n) is 11.0. The van der Waals surface area contributed by atoms with Crippen LogP contribution in [0.25, 0.3) is 0 Å². The Balaban J connectivity index is 1.56. The zero-order chi connectivity index (χ0) is 25.0. The van der Waals surface area contributed by atoms with Crippen molar-refractivity contribution in [3.8, 4) is 17.2 Å². The summed E-state index contributed by atoms with van der Waals surface area (Å²) in [5.41, 5.74) is 1.17. The molecule has 0 saturated carbocycles. The third kappa shape index (κ3) is 7.78. The Kier molecular flexibility index (Phi) is 9.07. The molecule has 0 spiro atoms. The first-order valence-corrected chi connectivity index (χ1v) is 11.0. The maximum absolute atomic E-state index is 12.7. The molecule has 0 aliphatic rings. The van der Waals surface area contributed by atoms with Crippen LogP contribution in [0.15, 0.2) is 72.8 Å². The molecule has 9 nitrogen and oxygen atoms in total. The minimum atomic E-state index is -0.819. The van der Waals surface area contributed by atoms with Gasteiger partial charge in [-0.25, -0.2) is 4.79 Å². The summed E-state index contributed by atoms with van der Waals surface area (Å²) in [4.78, 5) is 36.5. The summed E-state index contributed by atoms with van der Waals surface area (Å²) in [6.07, 6.45) is -0.819. The smallest absolute Gasteiger partial charge is 0.494 e. The van der Waals surface area contributed by atoms with E-state index >= 15 is 0 Å². The summed E-state index contributed by atoms with van der Waals surface area (Å²) >= 11 is 0. The summed E-state index contributed by atoms with van der Waals surface area (Å²) < 4.78 is 20.6. The number of hydrogen-bond acceptors (Lipinski definition) is 7. The van der Waals surface area contributed by atoms with Crippen LogP contribution in [-0.4, -0.2) is 37.8 Å². The Hall–Kier alpha value is -4.53. The fraction of sp³-hybridized carbons (Fsp3) is 0.192. The van der Waals surface area contributed by atoms with E-state index in [0.29, 0.717) is 29.3 Å². The lowest BCUT2D eigenvalue weighted by atomic mass is 10.2. The van der Waals surface area contributed by atoms with Crippen molar-refractivity contribution in [1.82, 2.24) is 0 Å². The monoisotopic (exact) mass is 478 g/mol. The van der Waals surface area contributed by atoms with Gasteiger partial charge in [-0.2, -0.15) is 0 Å². The molecule has 3 rings (SSSR count). The van der Waals surface area contributed by atoms with Gasteiger partial charge in [0.2, 0.25) is 0 Å². The maximum Gasteiger partial charge on any atom is 0.513 e. The van der Waals surface area contributed by atoms with E-state index < -0.39 is 12.1 Å². The van der Waals surface area contributed by atoms with Crippen molar-refractivity contribution in [2.45, 2.75) is 13.8 Å². The van der Waals surface area contributed by atoms with Crippen LogP contribution in [0.4, 0.5) is 16.2 Å². The average molecular weight is 479 g/mol. The molecule has 0 aliphatic carbocycles. The first-order chi connectivity index (χ1) is 17.0. The highest BCUT2D eigenvalue weighted by atomic mass is 16.7. The number of carbonyl (C=O) groups is 3. The van der Waals surface area contributed by atoms with E-state index in [1.54, 1.807) is 55.5 Å². The van der Waals surface area contributed by atoms with Crippen LogP contribution in [0.1, 0.15) is 24.2 Å². The minimum Gasteiger partial charge on any atom is -0.494 e. The number of ether oxygens (including phenoxy) is 4. The molecule has 0 bridgehead atoms. The van der Waals surface area contributed by atoms with Crippen molar-refractivity contribution in [2.24, 2.45) is 0 Å². The first kappa shape index (κ1) is 25.1. The highest BCUT2D eigenvalue weighted by Crippen LogP contribution is 2.23. The molecule has 3 aromatic carbocycles. The van der Waals surface area contributed by atoms with Gasteiger partial charge in [0.25, 0.3) is 11.8 Å². The van der Waals surface area contributed by atoms with E-state index in [2.05, 4.69) is 10.6 Å². The van der Waals surface area contributed by atoms with E-state index in [0.717, 1.165) is 5.75 Å². The standard InChI is InChI=1S/C26H26N2O7/c1-3-32-19-13-15-20(16-14-19)34-17-24(29)27-22-7-5-6-8-23(22)28-25(30)18-9-11-21(12-10-18)35-26(31)33-4-2/h5-16H,3-4,17H2,1-2H3,(H,27,29)(H,28,30). The van der Waals surface area contributed by atoms with Crippen molar-refractivity contribution >= 4 is 29.3 Å². The Morgan fingerprint density at radius 3 is 1.86 bits per heavy atom. The summed E-state index contributed by atoms with van der Waals surface area (Å²) in [6.45, 7) is 4.12. The van der Waals surface area contributed by atoms with Crippen molar-refractivity contribution < 1.29 is 33.3 Å². The van der Waals surface area contributed by atoms with Crippen LogP contribution in [0.2, 0.25) is 0 Å². The van der Waals surface area contributed by atoms with E-state index in [1.165, 1.54) is 24.3 Å². The van der Waals surface area contributed by atoms with Crippen LogP contribution in [0, 0.1) is 0 Å². The molecule has 2 N–H and O–H groups in total. The van der Waals surface area contributed by atoms with Crippen LogP contribution in [-0.2, 0) is 9.53 Å². The number of rotatable bonds is 10. The number of para-hydroxylation sites is 2. The molecule has 0 fully saturated rings. The zero-order valence-electron chi connectivity index (χ0n) is 19.4. The molecule has 0 unspecified atom stereocenters. The van der Waals surface area contributed by atoms with Gasteiger partial charge < -0.3 is 29.6 Å². The molecule has 0 atom stereocenters. The van der Waals surface area contributed by atoms with Crippen molar-refractivity contribution in [3.63, 3.8) is 0 Å². The lowest BCUT2D eigenvalue weighted by Gasteiger charge is -2.13. The number of hydrogen-bond donors (Lipinski definition) is 2. The third-order valence-electron chi connectivity index (χ3n) is 4.53. The van der Waals surface area contributed by atoms with Gasteiger partial charge in [-0.05, 0) is 74.5 Å².